The lowest BCUT2D eigenvalue weighted by molar-refractivity contribution is -0.119. The van der Waals surface area contributed by atoms with Crippen molar-refractivity contribution >= 4 is 17.6 Å². The van der Waals surface area contributed by atoms with Crippen LogP contribution in [0.5, 0.6) is 5.75 Å². The highest BCUT2D eigenvalue weighted by molar-refractivity contribution is 5.95. The molecule has 36 heavy (non-hydrogen) atoms. The standard InChI is InChI=1S/C29H28N4O3/c1-20(22-6-4-3-5-7-22)30-29(35)24-10-8-21(9-11-24)19-32-27-18-26(31-33(27)17-16-28(32)34)23-12-14-25(36-2)15-13-23/h3-15,18,20H,16-17,19H2,1-2H3,(H,30,35)/t20-/m1/s1. The predicted molar refractivity (Wildman–Crippen MR) is 139 cm³/mol. The molecule has 0 bridgehead atoms. The molecule has 0 aliphatic carbocycles. The van der Waals surface area contributed by atoms with E-state index in [0.29, 0.717) is 25.1 Å². The van der Waals surface area contributed by atoms with Crippen molar-refractivity contribution in [3.63, 3.8) is 0 Å². The minimum Gasteiger partial charge on any atom is -0.497 e. The Bertz CT molecular complexity index is 1360. The molecule has 5 rings (SSSR count). The van der Waals surface area contributed by atoms with Crippen LogP contribution in [-0.2, 0) is 17.9 Å². The minimum atomic E-state index is -0.130. The molecular formula is C29H28N4O3. The maximum atomic E-state index is 12.8. The van der Waals surface area contributed by atoms with Gasteiger partial charge in [0, 0.05) is 23.6 Å². The van der Waals surface area contributed by atoms with Crippen molar-refractivity contribution < 1.29 is 14.3 Å². The van der Waals surface area contributed by atoms with Gasteiger partial charge in [0.1, 0.15) is 11.6 Å². The van der Waals surface area contributed by atoms with Gasteiger partial charge in [-0.25, -0.2) is 4.68 Å². The number of carbonyl (C=O) groups is 2. The van der Waals surface area contributed by atoms with E-state index in [2.05, 4.69) is 5.32 Å². The lowest BCUT2D eigenvalue weighted by Crippen LogP contribution is -2.36. The third-order valence-electron chi connectivity index (χ3n) is 6.46. The van der Waals surface area contributed by atoms with Gasteiger partial charge in [0.15, 0.2) is 0 Å². The summed E-state index contributed by atoms with van der Waals surface area (Å²) in [6.07, 6.45) is 0.397. The molecule has 182 valence electrons. The minimum absolute atomic E-state index is 0.0576. The molecule has 1 atom stereocenters. The lowest BCUT2D eigenvalue weighted by Gasteiger charge is -2.27. The van der Waals surface area contributed by atoms with Crippen LogP contribution < -0.4 is 15.0 Å². The maximum Gasteiger partial charge on any atom is 0.251 e. The number of ether oxygens (including phenoxy) is 1. The summed E-state index contributed by atoms with van der Waals surface area (Å²) in [5.74, 6) is 1.48. The van der Waals surface area contributed by atoms with Crippen LogP contribution in [0, 0.1) is 0 Å². The van der Waals surface area contributed by atoms with Crippen molar-refractivity contribution in [2.24, 2.45) is 0 Å². The first-order valence-electron chi connectivity index (χ1n) is 12.0. The van der Waals surface area contributed by atoms with Crippen molar-refractivity contribution in [1.29, 1.82) is 0 Å². The fourth-order valence-corrected chi connectivity index (χ4v) is 4.37. The van der Waals surface area contributed by atoms with E-state index in [9.17, 15) is 9.59 Å². The van der Waals surface area contributed by atoms with E-state index in [4.69, 9.17) is 9.84 Å². The second kappa shape index (κ2) is 10.1. The molecule has 3 aromatic carbocycles. The van der Waals surface area contributed by atoms with Gasteiger partial charge < -0.3 is 10.1 Å². The summed E-state index contributed by atoms with van der Waals surface area (Å²) in [7, 11) is 1.64. The van der Waals surface area contributed by atoms with E-state index >= 15 is 0 Å². The summed E-state index contributed by atoms with van der Waals surface area (Å²) in [4.78, 5) is 27.3. The number of hydrogen-bond donors (Lipinski definition) is 1. The van der Waals surface area contributed by atoms with Crippen molar-refractivity contribution in [3.05, 3.63) is 102 Å². The lowest BCUT2D eigenvalue weighted by atomic mass is 10.1. The number of carbonyl (C=O) groups excluding carboxylic acids is 2. The number of methoxy groups -OCH3 is 1. The zero-order valence-electron chi connectivity index (χ0n) is 20.3. The molecule has 0 saturated carbocycles. The van der Waals surface area contributed by atoms with Crippen LogP contribution in [-0.4, -0.2) is 28.7 Å². The molecule has 0 spiro atoms. The van der Waals surface area contributed by atoms with Gasteiger partial charge in [-0.3, -0.25) is 14.5 Å². The summed E-state index contributed by atoms with van der Waals surface area (Å²) in [6, 6.07) is 26.8. The van der Waals surface area contributed by atoms with Crippen LogP contribution in [0.2, 0.25) is 0 Å². The maximum absolute atomic E-state index is 12.8. The number of nitrogens with zero attached hydrogens (tertiary/aromatic N) is 3. The first kappa shape index (κ1) is 23.4. The van der Waals surface area contributed by atoms with Crippen LogP contribution in [0.4, 0.5) is 5.82 Å². The van der Waals surface area contributed by atoms with Gasteiger partial charge in [0.25, 0.3) is 5.91 Å². The Morgan fingerprint density at radius 3 is 2.44 bits per heavy atom. The Kier molecular flexibility index (Phi) is 6.54. The SMILES string of the molecule is COc1ccc(-c2cc3n(n2)CCC(=O)N3Cc2ccc(C(=O)N[C@H](C)c3ccccc3)cc2)cc1. The number of amides is 2. The number of fused-ring (bicyclic) bond motifs is 1. The van der Waals surface area contributed by atoms with Crippen LogP contribution >= 0.6 is 0 Å². The fraction of sp³-hybridized carbons (Fsp3) is 0.207. The summed E-state index contributed by atoms with van der Waals surface area (Å²) in [5, 5.41) is 7.76. The predicted octanol–water partition coefficient (Wildman–Crippen LogP) is 4.99. The summed E-state index contributed by atoms with van der Waals surface area (Å²) in [6.45, 7) is 2.93. The Balaban J connectivity index is 1.30. The normalized spacial score (nSPS) is 13.7. The Morgan fingerprint density at radius 2 is 1.75 bits per heavy atom. The number of benzene rings is 3. The molecule has 1 aromatic heterocycles. The fourth-order valence-electron chi connectivity index (χ4n) is 4.37. The second-order valence-corrected chi connectivity index (χ2v) is 8.87. The number of aromatic nitrogens is 2. The van der Waals surface area contributed by atoms with Gasteiger partial charge in [-0.05, 0) is 54.4 Å². The number of aryl methyl sites for hydroxylation is 1. The van der Waals surface area contributed by atoms with E-state index in [1.807, 2.05) is 84.4 Å². The Labute approximate surface area is 210 Å². The largest absolute Gasteiger partial charge is 0.497 e. The van der Waals surface area contributed by atoms with Crippen molar-refractivity contribution in [2.45, 2.75) is 32.5 Å². The van der Waals surface area contributed by atoms with Crippen LogP contribution in [0.25, 0.3) is 11.3 Å². The van der Waals surface area contributed by atoms with Gasteiger partial charge in [-0.1, -0.05) is 42.5 Å². The third kappa shape index (κ3) is 4.86. The quantitative estimate of drug-likeness (QED) is 0.405. The van der Waals surface area contributed by atoms with Gasteiger partial charge in [-0.15, -0.1) is 0 Å². The van der Waals surface area contributed by atoms with Crippen LogP contribution in [0.1, 0.15) is 40.9 Å². The summed E-state index contributed by atoms with van der Waals surface area (Å²) >= 11 is 0. The van der Waals surface area contributed by atoms with E-state index in [-0.39, 0.29) is 17.9 Å². The van der Waals surface area contributed by atoms with Crippen LogP contribution in [0.15, 0.2) is 84.9 Å². The van der Waals surface area contributed by atoms with E-state index in [1.165, 1.54) is 0 Å². The summed E-state index contributed by atoms with van der Waals surface area (Å²) in [5.41, 5.74) is 4.35. The molecule has 0 saturated heterocycles. The molecule has 7 heteroatoms. The molecule has 1 aliphatic heterocycles. The monoisotopic (exact) mass is 480 g/mol. The first-order chi connectivity index (χ1) is 17.5. The van der Waals surface area contributed by atoms with Gasteiger partial charge in [-0.2, -0.15) is 5.10 Å². The number of anilines is 1. The molecule has 1 N–H and O–H groups in total. The molecular weight excluding hydrogens is 452 g/mol. The molecule has 0 fully saturated rings. The number of hydrogen-bond acceptors (Lipinski definition) is 4. The molecule has 2 heterocycles. The van der Waals surface area contributed by atoms with Gasteiger partial charge in [0.2, 0.25) is 5.91 Å². The molecule has 0 radical (unpaired) electrons. The average molecular weight is 481 g/mol. The molecule has 2 amide bonds. The van der Waals surface area contributed by atoms with Crippen molar-refractivity contribution in [3.8, 4) is 17.0 Å². The van der Waals surface area contributed by atoms with E-state index in [0.717, 1.165) is 34.0 Å². The Hall–Kier alpha value is -4.39. The van der Waals surface area contributed by atoms with E-state index in [1.54, 1.807) is 24.1 Å². The van der Waals surface area contributed by atoms with Gasteiger partial charge >= 0.3 is 0 Å². The van der Waals surface area contributed by atoms with Crippen LogP contribution in [0.3, 0.4) is 0 Å². The number of nitrogens with one attached hydrogen (secondary N) is 1. The first-order valence-corrected chi connectivity index (χ1v) is 12.0. The smallest absolute Gasteiger partial charge is 0.251 e. The van der Waals surface area contributed by atoms with Gasteiger partial charge in [0.05, 0.1) is 31.9 Å². The zero-order chi connectivity index (χ0) is 25.1. The molecule has 7 nitrogen and oxygen atoms in total. The highest BCUT2D eigenvalue weighted by Crippen LogP contribution is 2.30. The highest BCUT2D eigenvalue weighted by Gasteiger charge is 2.26. The molecule has 1 aliphatic rings. The zero-order valence-corrected chi connectivity index (χ0v) is 20.3. The number of rotatable bonds is 7. The Morgan fingerprint density at radius 1 is 1.03 bits per heavy atom. The average Bonchev–Trinajstić information content (AvgIpc) is 3.36. The van der Waals surface area contributed by atoms with Crippen molar-refractivity contribution in [2.75, 3.05) is 12.0 Å². The highest BCUT2D eigenvalue weighted by atomic mass is 16.5. The summed E-state index contributed by atoms with van der Waals surface area (Å²) < 4.78 is 7.13. The molecule has 0 unspecified atom stereocenters. The van der Waals surface area contributed by atoms with Crippen molar-refractivity contribution in [1.82, 2.24) is 15.1 Å². The van der Waals surface area contributed by atoms with E-state index < -0.39 is 0 Å². The third-order valence-corrected chi connectivity index (χ3v) is 6.46. The second-order valence-electron chi connectivity index (χ2n) is 8.87. The topological polar surface area (TPSA) is 76.5 Å². The molecule has 4 aromatic rings.